The number of aliphatic carboxylic acids is 1. The Morgan fingerprint density at radius 1 is 1.30 bits per heavy atom. The van der Waals surface area contributed by atoms with Crippen LogP contribution in [0.5, 0.6) is 0 Å². The number of urea groups is 1. The van der Waals surface area contributed by atoms with Crippen molar-refractivity contribution in [3.63, 3.8) is 0 Å². The SMILES string of the molecule is CN(CCS(C)(=O)=O)C(=O)NC(C)(C(=O)O)C(F)(F)F. The second kappa shape index (κ2) is 5.85. The molecular weight excluding hydrogens is 305 g/mol. The molecule has 11 heteroatoms. The molecule has 0 spiro atoms. The number of carboxylic acid groups (broad SMARTS) is 1. The molecule has 1 atom stereocenters. The van der Waals surface area contributed by atoms with E-state index in [-0.39, 0.29) is 6.54 Å². The molecule has 118 valence electrons. The lowest BCUT2D eigenvalue weighted by Gasteiger charge is -2.30. The van der Waals surface area contributed by atoms with Crippen LogP contribution >= 0.6 is 0 Å². The van der Waals surface area contributed by atoms with Gasteiger partial charge in [-0.05, 0) is 6.92 Å². The maximum absolute atomic E-state index is 12.6. The third-order valence-corrected chi connectivity index (χ3v) is 3.42. The molecule has 0 rings (SSSR count). The number of hydrogen-bond acceptors (Lipinski definition) is 4. The molecule has 0 fully saturated rings. The summed E-state index contributed by atoms with van der Waals surface area (Å²) < 4.78 is 59.7. The van der Waals surface area contributed by atoms with Crippen LogP contribution in [-0.4, -0.2) is 67.7 Å². The van der Waals surface area contributed by atoms with E-state index < -0.39 is 39.3 Å². The van der Waals surface area contributed by atoms with Gasteiger partial charge < -0.3 is 15.3 Å². The maximum atomic E-state index is 12.6. The molecule has 0 aromatic carbocycles. The fraction of sp³-hybridized carbons (Fsp3) is 0.778. The van der Waals surface area contributed by atoms with Gasteiger partial charge in [-0.1, -0.05) is 0 Å². The van der Waals surface area contributed by atoms with Crippen LogP contribution in [0.4, 0.5) is 18.0 Å². The monoisotopic (exact) mass is 320 g/mol. The van der Waals surface area contributed by atoms with Gasteiger partial charge in [-0.15, -0.1) is 0 Å². The van der Waals surface area contributed by atoms with Crippen molar-refractivity contribution in [1.82, 2.24) is 10.2 Å². The zero-order valence-corrected chi connectivity index (χ0v) is 11.8. The van der Waals surface area contributed by atoms with Crippen LogP contribution < -0.4 is 5.32 Å². The van der Waals surface area contributed by atoms with E-state index in [1.807, 2.05) is 0 Å². The van der Waals surface area contributed by atoms with Gasteiger partial charge >= 0.3 is 18.2 Å². The highest BCUT2D eigenvalue weighted by Crippen LogP contribution is 2.30. The summed E-state index contributed by atoms with van der Waals surface area (Å²) in [6, 6.07) is -1.34. The third-order valence-electron chi connectivity index (χ3n) is 2.50. The molecule has 2 N–H and O–H groups in total. The zero-order valence-electron chi connectivity index (χ0n) is 11.0. The van der Waals surface area contributed by atoms with Crippen molar-refractivity contribution in [1.29, 1.82) is 0 Å². The maximum Gasteiger partial charge on any atom is 0.422 e. The summed E-state index contributed by atoms with van der Waals surface area (Å²) >= 11 is 0. The van der Waals surface area contributed by atoms with Gasteiger partial charge in [0.1, 0.15) is 9.84 Å². The standard InChI is InChI=1S/C9H15F3N2O5S/c1-8(6(15)16,9(10,11)12)13-7(17)14(2)4-5-20(3,18)19/h4-5H2,1-3H3,(H,13,17)(H,15,16). The quantitative estimate of drug-likeness (QED) is 0.746. The molecule has 20 heavy (non-hydrogen) atoms. The summed E-state index contributed by atoms with van der Waals surface area (Å²) in [7, 11) is -2.35. The fourth-order valence-corrected chi connectivity index (χ4v) is 1.56. The number of alkyl halides is 3. The largest absolute Gasteiger partial charge is 0.479 e. The minimum atomic E-state index is -5.20. The fourth-order valence-electron chi connectivity index (χ4n) is 0.959. The summed E-state index contributed by atoms with van der Waals surface area (Å²) in [6.45, 7) is -0.0597. The number of carbonyl (C=O) groups excluding carboxylic acids is 1. The molecular formula is C9H15F3N2O5S. The number of carboxylic acids is 1. The van der Waals surface area contributed by atoms with E-state index in [1.165, 1.54) is 5.32 Å². The van der Waals surface area contributed by atoms with Gasteiger partial charge in [-0.25, -0.2) is 18.0 Å². The van der Waals surface area contributed by atoms with Gasteiger partial charge in [0.25, 0.3) is 0 Å². The highest BCUT2D eigenvalue weighted by Gasteiger charge is 2.58. The Morgan fingerprint density at radius 3 is 2.05 bits per heavy atom. The Balaban J connectivity index is 4.92. The van der Waals surface area contributed by atoms with Gasteiger partial charge in [-0.3, -0.25) is 0 Å². The molecule has 0 aliphatic carbocycles. The van der Waals surface area contributed by atoms with Crippen LogP contribution in [0, 0.1) is 0 Å². The molecule has 0 heterocycles. The van der Waals surface area contributed by atoms with Crippen LogP contribution in [0.2, 0.25) is 0 Å². The number of amides is 2. The van der Waals surface area contributed by atoms with Gasteiger partial charge in [-0.2, -0.15) is 13.2 Å². The van der Waals surface area contributed by atoms with Crippen LogP contribution in [0.3, 0.4) is 0 Å². The number of nitrogens with one attached hydrogen (secondary N) is 1. The molecule has 0 aromatic rings. The van der Waals surface area contributed by atoms with Crippen molar-refractivity contribution < 1.29 is 36.3 Å². The number of rotatable bonds is 5. The van der Waals surface area contributed by atoms with Crippen LogP contribution in [0.25, 0.3) is 0 Å². The number of hydrogen-bond donors (Lipinski definition) is 2. The van der Waals surface area contributed by atoms with Crippen LogP contribution in [-0.2, 0) is 14.6 Å². The number of sulfone groups is 1. The number of nitrogens with zero attached hydrogens (tertiary/aromatic N) is 1. The van der Waals surface area contributed by atoms with Crippen molar-refractivity contribution >= 4 is 21.8 Å². The second-order valence-corrected chi connectivity index (χ2v) is 6.67. The minimum Gasteiger partial charge on any atom is -0.479 e. The summed E-state index contributed by atoms with van der Waals surface area (Å²) in [6.07, 6.45) is -4.30. The highest BCUT2D eigenvalue weighted by molar-refractivity contribution is 7.90. The molecule has 0 bridgehead atoms. The molecule has 0 saturated carbocycles. The molecule has 0 saturated heterocycles. The summed E-state index contributed by atoms with van der Waals surface area (Å²) in [5.41, 5.74) is -3.45. The highest BCUT2D eigenvalue weighted by atomic mass is 32.2. The lowest BCUT2D eigenvalue weighted by atomic mass is 10.0. The predicted octanol–water partition coefficient (Wildman–Crippen LogP) is 0.0780. The Bertz CT molecular complexity index is 490. The summed E-state index contributed by atoms with van der Waals surface area (Å²) in [5, 5.41) is 9.95. The van der Waals surface area contributed by atoms with E-state index in [2.05, 4.69) is 0 Å². The van der Waals surface area contributed by atoms with Gasteiger partial charge in [0.15, 0.2) is 0 Å². The Kier molecular flexibility index (Phi) is 5.41. The predicted molar refractivity (Wildman–Crippen MR) is 63.0 cm³/mol. The minimum absolute atomic E-state index is 0.303. The first kappa shape index (κ1) is 18.5. The van der Waals surface area contributed by atoms with E-state index in [0.717, 1.165) is 13.3 Å². The number of carbonyl (C=O) groups is 2. The molecule has 2 amide bonds. The van der Waals surface area contributed by atoms with E-state index in [1.54, 1.807) is 0 Å². The molecule has 0 aliphatic rings. The zero-order chi connectivity index (χ0) is 16.4. The first-order chi connectivity index (χ1) is 8.71. The van der Waals surface area contributed by atoms with Crippen LogP contribution in [0.1, 0.15) is 6.92 Å². The summed E-state index contributed by atoms with van der Waals surface area (Å²) in [5.74, 6) is -2.72. The van der Waals surface area contributed by atoms with Gasteiger partial charge in [0.05, 0.1) is 5.75 Å². The Labute approximate surface area is 113 Å². The smallest absolute Gasteiger partial charge is 0.422 e. The van der Waals surface area contributed by atoms with Crippen molar-refractivity contribution in [3.8, 4) is 0 Å². The van der Waals surface area contributed by atoms with Gasteiger partial charge in [0, 0.05) is 19.8 Å². The topological polar surface area (TPSA) is 104 Å². The molecule has 0 aromatic heterocycles. The van der Waals surface area contributed by atoms with Crippen molar-refractivity contribution in [2.24, 2.45) is 0 Å². The summed E-state index contributed by atoms with van der Waals surface area (Å²) in [4.78, 5) is 22.8. The third kappa shape index (κ3) is 4.87. The van der Waals surface area contributed by atoms with Crippen LogP contribution in [0.15, 0.2) is 0 Å². The lowest BCUT2D eigenvalue weighted by Crippen LogP contribution is -2.63. The average Bonchev–Trinajstić information content (AvgIpc) is 2.22. The van der Waals surface area contributed by atoms with Crippen molar-refractivity contribution in [2.75, 3.05) is 25.6 Å². The van der Waals surface area contributed by atoms with Gasteiger partial charge in [0.2, 0.25) is 5.54 Å². The first-order valence-electron chi connectivity index (χ1n) is 5.22. The average molecular weight is 320 g/mol. The normalized spacial score (nSPS) is 15.3. The molecule has 1 unspecified atom stereocenters. The Hall–Kier alpha value is -1.52. The van der Waals surface area contributed by atoms with E-state index in [0.29, 0.717) is 11.8 Å². The first-order valence-corrected chi connectivity index (χ1v) is 7.28. The van der Waals surface area contributed by atoms with E-state index in [9.17, 15) is 31.2 Å². The van der Waals surface area contributed by atoms with Crippen molar-refractivity contribution in [3.05, 3.63) is 0 Å². The Morgan fingerprint density at radius 2 is 1.75 bits per heavy atom. The second-order valence-electron chi connectivity index (χ2n) is 4.41. The van der Waals surface area contributed by atoms with E-state index >= 15 is 0 Å². The van der Waals surface area contributed by atoms with Crippen molar-refractivity contribution in [2.45, 2.75) is 18.6 Å². The molecule has 0 radical (unpaired) electrons. The lowest BCUT2D eigenvalue weighted by molar-refractivity contribution is -0.203. The number of halogens is 3. The molecule has 7 nitrogen and oxygen atoms in total. The molecule has 0 aliphatic heterocycles. The van der Waals surface area contributed by atoms with E-state index in [4.69, 9.17) is 5.11 Å².